The molecular formula is C16H27N3. The van der Waals surface area contributed by atoms with Gasteiger partial charge < -0.3 is 5.32 Å². The third-order valence-electron chi connectivity index (χ3n) is 4.00. The molecule has 1 aliphatic heterocycles. The number of rotatable bonds is 4. The third-order valence-corrected chi connectivity index (χ3v) is 4.00. The van der Waals surface area contributed by atoms with Crippen molar-refractivity contribution in [3.8, 4) is 0 Å². The summed E-state index contributed by atoms with van der Waals surface area (Å²) in [4.78, 5) is 6.73. The first-order valence-electron chi connectivity index (χ1n) is 7.54. The molecule has 2 heterocycles. The minimum Gasteiger partial charge on any atom is -0.313 e. The zero-order valence-corrected chi connectivity index (χ0v) is 12.5. The van der Waals surface area contributed by atoms with Crippen LogP contribution < -0.4 is 5.32 Å². The molecule has 1 saturated heterocycles. The highest BCUT2D eigenvalue weighted by Crippen LogP contribution is 2.22. The van der Waals surface area contributed by atoms with Crippen LogP contribution in [0.15, 0.2) is 24.5 Å². The number of nitrogens with one attached hydrogen (secondary N) is 1. The Labute approximate surface area is 117 Å². The fourth-order valence-electron chi connectivity index (χ4n) is 2.96. The van der Waals surface area contributed by atoms with E-state index in [4.69, 9.17) is 0 Å². The van der Waals surface area contributed by atoms with Crippen LogP contribution in [0.5, 0.6) is 0 Å². The third kappa shape index (κ3) is 4.29. The predicted octanol–water partition coefficient (Wildman–Crippen LogP) is 2.85. The summed E-state index contributed by atoms with van der Waals surface area (Å²) in [5.41, 5.74) is 1.38. The van der Waals surface area contributed by atoms with Crippen LogP contribution in [0.1, 0.15) is 45.2 Å². The van der Waals surface area contributed by atoms with Crippen LogP contribution in [-0.4, -0.2) is 35.6 Å². The van der Waals surface area contributed by atoms with Crippen molar-refractivity contribution in [2.75, 3.05) is 19.6 Å². The lowest BCUT2D eigenvalue weighted by molar-refractivity contribution is 0.199. The molecule has 1 aromatic rings. The molecule has 0 radical (unpaired) electrons. The topological polar surface area (TPSA) is 28.2 Å². The fourth-order valence-corrected chi connectivity index (χ4v) is 2.96. The summed E-state index contributed by atoms with van der Waals surface area (Å²) in [6.07, 6.45) is 6.30. The molecule has 0 bridgehead atoms. The molecule has 0 aliphatic carbocycles. The van der Waals surface area contributed by atoms with Gasteiger partial charge in [-0.25, -0.2) is 0 Å². The molecule has 1 N–H and O–H groups in total. The Bertz CT molecular complexity index is 364. The summed E-state index contributed by atoms with van der Waals surface area (Å²) in [6.45, 7) is 10.4. The molecular weight excluding hydrogens is 234 g/mol. The molecule has 2 rings (SSSR count). The number of nitrogens with zero attached hydrogens (tertiary/aromatic N) is 2. The number of hydrogen-bond acceptors (Lipinski definition) is 3. The van der Waals surface area contributed by atoms with Gasteiger partial charge in [0.25, 0.3) is 0 Å². The largest absolute Gasteiger partial charge is 0.313 e. The highest BCUT2D eigenvalue weighted by atomic mass is 15.2. The molecule has 0 saturated carbocycles. The summed E-state index contributed by atoms with van der Waals surface area (Å²) in [7, 11) is 0. The number of aromatic nitrogens is 1. The molecule has 106 valence electrons. The van der Waals surface area contributed by atoms with E-state index in [0.717, 1.165) is 19.0 Å². The first-order chi connectivity index (χ1) is 9.16. The second-order valence-corrected chi connectivity index (χ2v) is 6.09. The predicted molar refractivity (Wildman–Crippen MR) is 80.1 cm³/mol. The SMILES string of the molecule is CC(C)CC1CN(C(C)c2ccncc2)CCCN1. The molecule has 2 atom stereocenters. The Balaban J connectivity index is 2.01. The maximum Gasteiger partial charge on any atom is 0.0321 e. The Kier molecular flexibility index (Phi) is 5.34. The van der Waals surface area contributed by atoms with Crippen molar-refractivity contribution in [1.29, 1.82) is 0 Å². The molecule has 0 aromatic carbocycles. The van der Waals surface area contributed by atoms with Gasteiger partial charge in [0.2, 0.25) is 0 Å². The van der Waals surface area contributed by atoms with Crippen molar-refractivity contribution in [2.45, 2.75) is 45.7 Å². The van der Waals surface area contributed by atoms with Gasteiger partial charge in [0.1, 0.15) is 0 Å². The average Bonchev–Trinajstić information content (AvgIpc) is 2.64. The van der Waals surface area contributed by atoms with Gasteiger partial charge in [-0.15, -0.1) is 0 Å². The Morgan fingerprint density at radius 1 is 1.32 bits per heavy atom. The average molecular weight is 261 g/mol. The van der Waals surface area contributed by atoms with Gasteiger partial charge in [0, 0.05) is 37.6 Å². The van der Waals surface area contributed by atoms with Crippen LogP contribution in [-0.2, 0) is 0 Å². The van der Waals surface area contributed by atoms with Crippen LogP contribution >= 0.6 is 0 Å². The van der Waals surface area contributed by atoms with Crippen molar-refractivity contribution in [3.05, 3.63) is 30.1 Å². The van der Waals surface area contributed by atoms with Crippen LogP contribution in [0.3, 0.4) is 0 Å². The van der Waals surface area contributed by atoms with Gasteiger partial charge in [0.05, 0.1) is 0 Å². The lowest BCUT2D eigenvalue weighted by atomic mass is 10.0. The molecule has 1 fully saturated rings. The molecule has 19 heavy (non-hydrogen) atoms. The van der Waals surface area contributed by atoms with E-state index in [-0.39, 0.29) is 0 Å². The maximum absolute atomic E-state index is 4.11. The summed E-state index contributed by atoms with van der Waals surface area (Å²) in [6, 6.07) is 5.39. The first kappa shape index (κ1) is 14.5. The van der Waals surface area contributed by atoms with E-state index in [1.54, 1.807) is 0 Å². The molecule has 0 amide bonds. The van der Waals surface area contributed by atoms with Gasteiger partial charge in [0.15, 0.2) is 0 Å². The van der Waals surface area contributed by atoms with Crippen LogP contribution in [0.4, 0.5) is 0 Å². The van der Waals surface area contributed by atoms with Crippen molar-refractivity contribution in [3.63, 3.8) is 0 Å². The molecule has 1 aliphatic rings. The highest BCUT2D eigenvalue weighted by molar-refractivity contribution is 5.14. The van der Waals surface area contributed by atoms with Gasteiger partial charge in [-0.3, -0.25) is 9.88 Å². The lowest BCUT2D eigenvalue weighted by Gasteiger charge is -2.31. The Hall–Kier alpha value is -0.930. The Morgan fingerprint density at radius 3 is 2.74 bits per heavy atom. The normalized spacial score (nSPS) is 23.3. The fraction of sp³-hybridized carbons (Fsp3) is 0.688. The maximum atomic E-state index is 4.11. The summed E-state index contributed by atoms with van der Waals surface area (Å²) < 4.78 is 0. The zero-order chi connectivity index (χ0) is 13.7. The van der Waals surface area contributed by atoms with Crippen LogP contribution in [0.2, 0.25) is 0 Å². The summed E-state index contributed by atoms with van der Waals surface area (Å²) in [5.74, 6) is 0.758. The molecule has 0 spiro atoms. The van der Waals surface area contributed by atoms with Gasteiger partial charge in [-0.1, -0.05) is 13.8 Å². The van der Waals surface area contributed by atoms with E-state index in [1.165, 1.54) is 24.9 Å². The quantitative estimate of drug-likeness (QED) is 0.903. The second kappa shape index (κ2) is 7.01. The van der Waals surface area contributed by atoms with Crippen LogP contribution in [0.25, 0.3) is 0 Å². The summed E-state index contributed by atoms with van der Waals surface area (Å²) in [5, 5.41) is 3.70. The number of pyridine rings is 1. The Morgan fingerprint density at radius 2 is 2.05 bits per heavy atom. The zero-order valence-electron chi connectivity index (χ0n) is 12.5. The van der Waals surface area contributed by atoms with Crippen molar-refractivity contribution >= 4 is 0 Å². The lowest BCUT2D eigenvalue weighted by Crippen LogP contribution is -2.39. The molecule has 2 unspecified atom stereocenters. The smallest absolute Gasteiger partial charge is 0.0321 e. The highest BCUT2D eigenvalue weighted by Gasteiger charge is 2.22. The van der Waals surface area contributed by atoms with E-state index in [9.17, 15) is 0 Å². The summed E-state index contributed by atoms with van der Waals surface area (Å²) >= 11 is 0. The van der Waals surface area contributed by atoms with Crippen LogP contribution in [0, 0.1) is 5.92 Å². The second-order valence-electron chi connectivity index (χ2n) is 6.09. The first-order valence-corrected chi connectivity index (χ1v) is 7.54. The molecule has 3 nitrogen and oxygen atoms in total. The van der Waals surface area contributed by atoms with Crippen molar-refractivity contribution in [1.82, 2.24) is 15.2 Å². The monoisotopic (exact) mass is 261 g/mol. The number of hydrogen-bond donors (Lipinski definition) is 1. The van der Waals surface area contributed by atoms with Crippen molar-refractivity contribution < 1.29 is 0 Å². The van der Waals surface area contributed by atoms with E-state index < -0.39 is 0 Å². The van der Waals surface area contributed by atoms with E-state index in [1.807, 2.05) is 12.4 Å². The van der Waals surface area contributed by atoms with Gasteiger partial charge >= 0.3 is 0 Å². The van der Waals surface area contributed by atoms with E-state index in [0.29, 0.717) is 12.1 Å². The van der Waals surface area contributed by atoms with Gasteiger partial charge in [-0.2, -0.15) is 0 Å². The molecule has 3 heteroatoms. The minimum atomic E-state index is 0.484. The van der Waals surface area contributed by atoms with E-state index >= 15 is 0 Å². The molecule has 1 aromatic heterocycles. The van der Waals surface area contributed by atoms with Crippen molar-refractivity contribution in [2.24, 2.45) is 5.92 Å². The minimum absolute atomic E-state index is 0.484. The standard InChI is InChI=1S/C16H27N3/c1-13(2)11-16-12-19(10-4-7-18-16)14(3)15-5-8-17-9-6-15/h5-6,8-9,13-14,16,18H,4,7,10-12H2,1-3H3. The van der Waals surface area contributed by atoms with Gasteiger partial charge in [-0.05, 0) is 49.9 Å². The van der Waals surface area contributed by atoms with E-state index in [2.05, 4.69) is 48.1 Å².